The Balaban J connectivity index is 1.81. The van der Waals surface area contributed by atoms with E-state index in [9.17, 15) is 14.7 Å². The molecule has 2 amide bonds. The summed E-state index contributed by atoms with van der Waals surface area (Å²) < 4.78 is 0. The maximum absolute atomic E-state index is 12.6. The van der Waals surface area contributed by atoms with Gasteiger partial charge in [0.15, 0.2) is 0 Å². The second-order valence-corrected chi connectivity index (χ2v) is 5.58. The molecule has 1 heterocycles. The van der Waals surface area contributed by atoms with Gasteiger partial charge in [-0.1, -0.05) is 48.5 Å². The van der Waals surface area contributed by atoms with Crippen molar-refractivity contribution in [3.63, 3.8) is 0 Å². The first-order chi connectivity index (χ1) is 11.1. The molecule has 118 valence electrons. The third-order valence-electron chi connectivity index (χ3n) is 3.87. The fourth-order valence-electron chi connectivity index (χ4n) is 2.55. The van der Waals surface area contributed by atoms with Crippen molar-refractivity contribution >= 4 is 11.8 Å². The van der Waals surface area contributed by atoms with E-state index in [4.69, 9.17) is 0 Å². The zero-order chi connectivity index (χ0) is 16.2. The molecule has 23 heavy (non-hydrogen) atoms. The highest BCUT2D eigenvalue weighted by Gasteiger charge is 2.34. The Kier molecular flexibility index (Phi) is 4.39. The highest BCUT2D eigenvalue weighted by atomic mass is 16.3. The molecule has 5 heteroatoms. The predicted octanol–water partition coefficient (Wildman–Crippen LogP) is 1.36. The van der Waals surface area contributed by atoms with E-state index in [2.05, 4.69) is 5.32 Å². The van der Waals surface area contributed by atoms with E-state index >= 15 is 0 Å². The summed E-state index contributed by atoms with van der Waals surface area (Å²) in [5.41, 5.74) is 1.23. The maximum Gasteiger partial charge on any atom is 0.252 e. The zero-order valence-corrected chi connectivity index (χ0v) is 12.6. The molecular weight excluding hydrogens is 292 g/mol. The lowest BCUT2D eigenvalue weighted by molar-refractivity contribution is -0.143. The van der Waals surface area contributed by atoms with E-state index in [1.807, 2.05) is 36.4 Å². The second-order valence-electron chi connectivity index (χ2n) is 5.58. The van der Waals surface area contributed by atoms with E-state index in [-0.39, 0.29) is 11.8 Å². The number of β-amino-alcohol motifs (C(OH)–C–C–N with tert-alkyl or cyclic N) is 1. The molecular formula is C18H18N2O3. The molecule has 0 bridgehead atoms. The van der Waals surface area contributed by atoms with Crippen LogP contribution in [-0.4, -0.2) is 41.0 Å². The van der Waals surface area contributed by atoms with Crippen LogP contribution in [0.25, 0.3) is 0 Å². The summed E-state index contributed by atoms with van der Waals surface area (Å²) in [4.78, 5) is 26.6. The van der Waals surface area contributed by atoms with Gasteiger partial charge in [-0.05, 0) is 17.7 Å². The van der Waals surface area contributed by atoms with Crippen LogP contribution in [0.1, 0.15) is 22.0 Å². The summed E-state index contributed by atoms with van der Waals surface area (Å²) in [6.07, 6.45) is -0.472. The number of carbonyl (C=O) groups excluding carboxylic acids is 2. The van der Waals surface area contributed by atoms with Crippen molar-refractivity contribution in [2.45, 2.75) is 12.1 Å². The lowest BCUT2D eigenvalue weighted by atomic mass is 10.0. The van der Waals surface area contributed by atoms with Gasteiger partial charge in [0.1, 0.15) is 6.04 Å². The minimum absolute atomic E-state index is 0.203. The van der Waals surface area contributed by atoms with Crippen LogP contribution in [0, 0.1) is 0 Å². The van der Waals surface area contributed by atoms with Crippen LogP contribution in [0.4, 0.5) is 0 Å². The molecule has 0 saturated carbocycles. The van der Waals surface area contributed by atoms with Crippen molar-refractivity contribution in [1.29, 1.82) is 0 Å². The van der Waals surface area contributed by atoms with Crippen molar-refractivity contribution in [1.82, 2.24) is 10.2 Å². The molecule has 1 aliphatic rings. The van der Waals surface area contributed by atoms with Crippen molar-refractivity contribution in [3.8, 4) is 0 Å². The number of rotatable bonds is 4. The van der Waals surface area contributed by atoms with E-state index in [0.717, 1.165) is 5.56 Å². The summed E-state index contributed by atoms with van der Waals surface area (Å²) in [6, 6.07) is 17.2. The van der Waals surface area contributed by atoms with Gasteiger partial charge in [0, 0.05) is 18.7 Å². The second kappa shape index (κ2) is 6.62. The summed E-state index contributed by atoms with van der Waals surface area (Å²) in [7, 11) is 0. The zero-order valence-electron chi connectivity index (χ0n) is 12.6. The van der Waals surface area contributed by atoms with Gasteiger partial charge >= 0.3 is 0 Å². The predicted molar refractivity (Wildman–Crippen MR) is 85.7 cm³/mol. The van der Waals surface area contributed by atoms with Gasteiger partial charge in [0.05, 0.1) is 6.10 Å². The first-order valence-corrected chi connectivity index (χ1v) is 7.53. The monoisotopic (exact) mass is 310 g/mol. The van der Waals surface area contributed by atoms with Crippen molar-refractivity contribution in [2.24, 2.45) is 0 Å². The Morgan fingerprint density at radius 3 is 2.13 bits per heavy atom. The third-order valence-corrected chi connectivity index (χ3v) is 3.87. The van der Waals surface area contributed by atoms with Gasteiger partial charge in [-0.3, -0.25) is 9.59 Å². The average molecular weight is 310 g/mol. The van der Waals surface area contributed by atoms with Crippen LogP contribution >= 0.6 is 0 Å². The Morgan fingerprint density at radius 2 is 1.57 bits per heavy atom. The summed E-state index contributed by atoms with van der Waals surface area (Å²) in [6.45, 7) is 0.618. The Labute approximate surface area is 134 Å². The molecule has 5 nitrogen and oxygen atoms in total. The fourth-order valence-corrected chi connectivity index (χ4v) is 2.55. The quantitative estimate of drug-likeness (QED) is 0.896. The Bertz CT molecular complexity index is 682. The van der Waals surface area contributed by atoms with Gasteiger partial charge in [0.2, 0.25) is 5.91 Å². The Hall–Kier alpha value is -2.66. The molecule has 2 aromatic rings. The standard InChI is InChI=1S/C18H18N2O3/c21-15-11-20(12-15)18(23)16(13-7-3-1-4-8-13)19-17(22)14-9-5-2-6-10-14/h1-10,15-16,21H,11-12H2,(H,19,22). The van der Waals surface area contributed by atoms with E-state index < -0.39 is 12.1 Å². The van der Waals surface area contributed by atoms with Crippen LogP contribution in [0.2, 0.25) is 0 Å². The lowest BCUT2D eigenvalue weighted by Gasteiger charge is -2.38. The normalized spacial score (nSPS) is 15.6. The Morgan fingerprint density at radius 1 is 1.00 bits per heavy atom. The number of benzene rings is 2. The highest BCUT2D eigenvalue weighted by molar-refractivity contribution is 5.98. The number of nitrogens with one attached hydrogen (secondary N) is 1. The third kappa shape index (κ3) is 3.40. The molecule has 1 aliphatic heterocycles. The molecule has 3 rings (SSSR count). The summed E-state index contributed by atoms with van der Waals surface area (Å²) in [5, 5.41) is 12.2. The average Bonchev–Trinajstić information content (AvgIpc) is 2.57. The van der Waals surface area contributed by atoms with Crippen LogP contribution in [0.3, 0.4) is 0 Å². The van der Waals surface area contributed by atoms with Crippen LogP contribution in [0.15, 0.2) is 60.7 Å². The maximum atomic E-state index is 12.6. The largest absolute Gasteiger partial charge is 0.389 e. The molecule has 0 radical (unpaired) electrons. The molecule has 0 spiro atoms. The number of amides is 2. The van der Waals surface area contributed by atoms with Crippen molar-refractivity contribution in [2.75, 3.05) is 13.1 Å². The number of likely N-dealkylation sites (tertiary alicyclic amines) is 1. The van der Waals surface area contributed by atoms with Crippen molar-refractivity contribution < 1.29 is 14.7 Å². The highest BCUT2D eigenvalue weighted by Crippen LogP contribution is 2.20. The molecule has 1 saturated heterocycles. The first-order valence-electron chi connectivity index (χ1n) is 7.53. The molecule has 0 aromatic heterocycles. The molecule has 2 aromatic carbocycles. The number of aliphatic hydroxyl groups excluding tert-OH is 1. The van der Waals surface area contributed by atoms with Gasteiger partial charge in [-0.2, -0.15) is 0 Å². The van der Waals surface area contributed by atoms with Gasteiger partial charge in [-0.15, -0.1) is 0 Å². The fraction of sp³-hybridized carbons (Fsp3) is 0.222. The van der Waals surface area contributed by atoms with Crippen LogP contribution < -0.4 is 5.32 Å². The molecule has 1 fully saturated rings. The molecule has 0 aliphatic carbocycles. The van der Waals surface area contributed by atoms with Crippen LogP contribution in [-0.2, 0) is 4.79 Å². The van der Waals surface area contributed by atoms with Gasteiger partial charge in [0.25, 0.3) is 5.91 Å². The van der Waals surface area contributed by atoms with E-state index in [1.165, 1.54) is 0 Å². The summed E-state index contributed by atoms with van der Waals surface area (Å²) in [5.74, 6) is -0.500. The molecule has 2 N–H and O–H groups in total. The number of hydrogen-bond donors (Lipinski definition) is 2. The first kappa shape index (κ1) is 15.2. The summed E-state index contributed by atoms with van der Waals surface area (Å²) >= 11 is 0. The minimum Gasteiger partial charge on any atom is -0.389 e. The number of hydrogen-bond acceptors (Lipinski definition) is 3. The smallest absolute Gasteiger partial charge is 0.252 e. The lowest BCUT2D eigenvalue weighted by Crippen LogP contribution is -2.56. The van der Waals surface area contributed by atoms with Crippen molar-refractivity contribution in [3.05, 3.63) is 71.8 Å². The number of carbonyl (C=O) groups is 2. The van der Waals surface area contributed by atoms with E-state index in [0.29, 0.717) is 18.7 Å². The topological polar surface area (TPSA) is 69.6 Å². The van der Waals surface area contributed by atoms with Crippen LogP contribution in [0.5, 0.6) is 0 Å². The number of aliphatic hydroxyl groups is 1. The SMILES string of the molecule is O=C(NC(C(=O)N1CC(O)C1)c1ccccc1)c1ccccc1. The van der Waals surface area contributed by atoms with Gasteiger partial charge in [-0.25, -0.2) is 0 Å². The number of nitrogens with zero attached hydrogens (tertiary/aromatic N) is 1. The minimum atomic E-state index is -0.753. The molecule has 1 atom stereocenters. The van der Waals surface area contributed by atoms with E-state index in [1.54, 1.807) is 29.2 Å². The van der Waals surface area contributed by atoms with Gasteiger partial charge < -0.3 is 15.3 Å². The molecule has 1 unspecified atom stereocenters.